The van der Waals surface area contributed by atoms with Crippen LogP contribution in [0.1, 0.15) is 56.2 Å². The number of carbonyl (C=O) groups is 1. The molecule has 3 N–H and O–H groups in total. The van der Waals surface area contributed by atoms with Crippen LogP contribution in [0.25, 0.3) is 6.08 Å². The average molecular weight is 537 g/mol. The number of fused-ring (bicyclic) bond motifs is 3. The van der Waals surface area contributed by atoms with Gasteiger partial charge < -0.3 is 10.1 Å². The van der Waals surface area contributed by atoms with Crippen molar-refractivity contribution in [1.82, 2.24) is 15.8 Å². The van der Waals surface area contributed by atoms with E-state index >= 15 is 0 Å². The molecule has 2 aromatic carbocycles. The van der Waals surface area contributed by atoms with Crippen LogP contribution >= 0.6 is 0 Å². The topological polar surface area (TPSA) is 65.6 Å². The van der Waals surface area contributed by atoms with Gasteiger partial charge in [0.05, 0.1) is 12.5 Å². The highest BCUT2D eigenvalue weighted by molar-refractivity contribution is 6.09. The van der Waals surface area contributed by atoms with Gasteiger partial charge in [-0.2, -0.15) is 0 Å². The van der Waals surface area contributed by atoms with Crippen LogP contribution in [-0.4, -0.2) is 43.1 Å². The predicted molar refractivity (Wildman–Crippen MR) is 148 cm³/mol. The van der Waals surface area contributed by atoms with Gasteiger partial charge in [0.15, 0.2) is 0 Å². The standard InChI is InChI=1S/C31H38F2N4O2/c1-4-37(5-2)17-22-25(32)12-18(13-26(22)33)6-10-27-21-9-7-19(14-29(21)36-35-27)24-16-31(24)23-15-20(39-3)8-11-28(23)34-30(31)38/h6,8,10-13,15,19,21,24,27,29,35-36H,4-5,7,9,14,16-17H2,1-3H3,(H,34,38)/b10-6+/t19?,21?,24-,27?,29?,31-/m0/s1. The van der Waals surface area contributed by atoms with Crippen molar-refractivity contribution in [1.29, 1.82) is 0 Å². The molecule has 6 nitrogen and oxygen atoms in total. The molecule has 3 fully saturated rings. The molecule has 4 aliphatic rings. The summed E-state index contributed by atoms with van der Waals surface area (Å²) < 4.78 is 35.0. The van der Waals surface area contributed by atoms with Crippen molar-refractivity contribution >= 4 is 17.7 Å². The molecule has 2 saturated carbocycles. The summed E-state index contributed by atoms with van der Waals surface area (Å²) in [6.45, 7) is 5.75. The Labute approximate surface area is 229 Å². The number of methoxy groups -OCH3 is 1. The lowest BCUT2D eigenvalue weighted by Gasteiger charge is -2.33. The van der Waals surface area contributed by atoms with Gasteiger partial charge in [-0.1, -0.05) is 26.0 Å². The molecule has 39 heavy (non-hydrogen) atoms. The number of carbonyl (C=O) groups excluding carboxylic acids is 1. The Morgan fingerprint density at radius 1 is 1.10 bits per heavy atom. The van der Waals surface area contributed by atoms with Gasteiger partial charge in [0.2, 0.25) is 5.91 Å². The fourth-order valence-corrected chi connectivity index (χ4v) is 7.36. The largest absolute Gasteiger partial charge is 0.497 e. The fourth-order valence-electron chi connectivity index (χ4n) is 7.36. The van der Waals surface area contributed by atoms with E-state index in [0.717, 1.165) is 55.8 Å². The minimum absolute atomic E-state index is 0.0883. The lowest BCUT2D eigenvalue weighted by Crippen LogP contribution is -2.37. The molecule has 1 amide bonds. The Bertz CT molecular complexity index is 1270. The lowest BCUT2D eigenvalue weighted by atomic mass is 9.73. The summed E-state index contributed by atoms with van der Waals surface area (Å²) in [7, 11) is 1.66. The van der Waals surface area contributed by atoms with E-state index in [9.17, 15) is 13.6 Å². The molecule has 8 heteroatoms. The smallest absolute Gasteiger partial charge is 0.235 e. The summed E-state index contributed by atoms with van der Waals surface area (Å²) in [4.78, 5) is 15.1. The zero-order valence-electron chi connectivity index (χ0n) is 22.9. The molecular weight excluding hydrogens is 498 g/mol. The van der Waals surface area contributed by atoms with Gasteiger partial charge in [-0.25, -0.2) is 8.78 Å². The number of nitrogens with one attached hydrogen (secondary N) is 3. The van der Waals surface area contributed by atoms with Gasteiger partial charge in [-0.15, -0.1) is 0 Å². The molecule has 4 unspecified atom stereocenters. The Morgan fingerprint density at radius 3 is 2.59 bits per heavy atom. The maximum Gasteiger partial charge on any atom is 0.235 e. The SMILES string of the molecule is CCN(CC)Cc1c(F)cc(/C=C/C2NNC3CC([C@@H]4C[C@@]45C(=O)Nc4ccc(OC)cc45)CCC23)cc1F. The summed E-state index contributed by atoms with van der Waals surface area (Å²) >= 11 is 0. The second kappa shape index (κ2) is 10.3. The normalized spacial score (nSPS) is 31.1. The number of hydrogen-bond donors (Lipinski definition) is 3. The second-order valence-corrected chi connectivity index (χ2v) is 11.6. The van der Waals surface area contributed by atoms with Crippen molar-refractivity contribution in [2.45, 2.75) is 63.6 Å². The number of amides is 1. The number of ether oxygens (including phenoxy) is 1. The van der Waals surface area contributed by atoms with Crippen molar-refractivity contribution in [3.63, 3.8) is 0 Å². The Morgan fingerprint density at radius 2 is 1.87 bits per heavy atom. The highest BCUT2D eigenvalue weighted by atomic mass is 19.1. The molecule has 0 aromatic heterocycles. The minimum atomic E-state index is -0.494. The Balaban J connectivity index is 1.10. The van der Waals surface area contributed by atoms with Crippen LogP contribution in [-0.2, 0) is 16.8 Å². The van der Waals surface area contributed by atoms with Crippen LogP contribution in [0.3, 0.4) is 0 Å². The molecule has 1 spiro atoms. The van der Waals surface area contributed by atoms with E-state index in [1.807, 2.05) is 49.1 Å². The van der Waals surface area contributed by atoms with E-state index < -0.39 is 17.0 Å². The van der Waals surface area contributed by atoms with Crippen LogP contribution < -0.4 is 20.9 Å². The van der Waals surface area contributed by atoms with Crippen molar-refractivity contribution in [3.05, 3.63) is 64.7 Å². The summed E-state index contributed by atoms with van der Waals surface area (Å²) in [5.74, 6) is 1.12. The quantitative estimate of drug-likeness (QED) is 0.443. The second-order valence-electron chi connectivity index (χ2n) is 11.6. The first-order chi connectivity index (χ1) is 18.9. The highest BCUT2D eigenvalue weighted by Crippen LogP contribution is 2.65. The molecule has 2 aliphatic carbocycles. The molecule has 208 valence electrons. The molecule has 2 aliphatic heterocycles. The fraction of sp³-hybridized carbons (Fsp3) is 0.516. The van der Waals surface area contributed by atoms with Crippen molar-refractivity contribution in [2.75, 3.05) is 25.5 Å². The van der Waals surface area contributed by atoms with E-state index in [1.165, 1.54) is 12.1 Å². The number of halogens is 2. The number of benzene rings is 2. The van der Waals surface area contributed by atoms with Crippen LogP contribution in [0, 0.1) is 29.4 Å². The van der Waals surface area contributed by atoms with Gasteiger partial charge in [0.1, 0.15) is 17.4 Å². The molecular formula is C31H38F2N4O2. The van der Waals surface area contributed by atoms with Crippen LogP contribution in [0.5, 0.6) is 5.75 Å². The zero-order valence-corrected chi connectivity index (χ0v) is 22.9. The number of hydrogen-bond acceptors (Lipinski definition) is 5. The summed E-state index contributed by atoms with van der Waals surface area (Å²) in [6.07, 6.45) is 7.85. The van der Waals surface area contributed by atoms with E-state index in [4.69, 9.17) is 4.74 Å². The Kier molecular flexibility index (Phi) is 6.98. The number of hydrazine groups is 1. The third-order valence-electron chi connectivity index (χ3n) is 9.72. The van der Waals surface area contributed by atoms with Crippen LogP contribution in [0.15, 0.2) is 36.4 Å². The maximum absolute atomic E-state index is 14.8. The van der Waals surface area contributed by atoms with E-state index in [0.29, 0.717) is 29.4 Å². The highest BCUT2D eigenvalue weighted by Gasteiger charge is 2.67. The summed E-state index contributed by atoms with van der Waals surface area (Å²) in [5.41, 5.74) is 9.12. The Hall–Kier alpha value is -2.81. The van der Waals surface area contributed by atoms with Crippen molar-refractivity contribution in [3.8, 4) is 5.75 Å². The lowest BCUT2D eigenvalue weighted by molar-refractivity contribution is -0.118. The first kappa shape index (κ1) is 26.4. The molecule has 2 aromatic rings. The van der Waals surface area contributed by atoms with E-state index in [2.05, 4.69) is 16.2 Å². The van der Waals surface area contributed by atoms with E-state index in [1.54, 1.807) is 7.11 Å². The predicted octanol–water partition coefficient (Wildman–Crippen LogP) is 5.00. The van der Waals surface area contributed by atoms with Gasteiger partial charge in [0, 0.05) is 29.9 Å². The molecule has 6 rings (SSSR count). The van der Waals surface area contributed by atoms with E-state index in [-0.39, 0.29) is 24.1 Å². The van der Waals surface area contributed by atoms with Crippen molar-refractivity contribution < 1.29 is 18.3 Å². The van der Waals surface area contributed by atoms with Gasteiger partial charge in [0.25, 0.3) is 0 Å². The minimum Gasteiger partial charge on any atom is -0.497 e. The molecule has 2 heterocycles. The third-order valence-corrected chi connectivity index (χ3v) is 9.72. The van der Waals surface area contributed by atoms with Gasteiger partial charge >= 0.3 is 0 Å². The first-order valence-electron chi connectivity index (χ1n) is 14.3. The van der Waals surface area contributed by atoms with Gasteiger partial charge in [-0.05, 0) is 98.0 Å². The van der Waals surface area contributed by atoms with Crippen molar-refractivity contribution in [2.24, 2.45) is 17.8 Å². The molecule has 1 saturated heterocycles. The number of nitrogens with zero attached hydrogens (tertiary/aromatic N) is 1. The number of anilines is 1. The zero-order chi connectivity index (χ0) is 27.3. The monoisotopic (exact) mass is 536 g/mol. The van der Waals surface area contributed by atoms with Gasteiger partial charge in [-0.3, -0.25) is 20.5 Å². The number of rotatable bonds is 8. The molecule has 6 atom stereocenters. The summed E-state index contributed by atoms with van der Waals surface area (Å²) in [6, 6.07) is 9.12. The van der Waals surface area contributed by atoms with Crippen LogP contribution in [0.4, 0.5) is 14.5 Å². The summed E-state index contributed by atoms with van der Waals surface area (Å²) in [5, 5.41) is 3.10. The first-order valence-corrected chi connectivity index (χ1v) is 14.3. The molecule has 0 bridgehead atoms. The average Bonchev–Trinajstić information content (AvgIpc) is 3.48. The molecule has 0 radical (unpaired) electrons. The van der Waals surface area contributed by atoms with Crippen LogP contribution in [0.2, 0.25) is 0 Å². The maximum atomic E-state index is 14.8. The third kappa shape index (κ3) is 4.56.